The van der Waals surface area contributed by atoms with Crippen molar-refractivity contribution in [3.05, 3.63) is 40.9 Å². The van der Waals surface area contributed by atoms with Crippen molar-refractivity contribution in [3.63, 3.8) is 0 Å². The number of nitrogens with zero attached hydrogens (tertiary/aromatic N) is 1. The molecule has 2 aromatic heterocycles. The molecule has 0 unspecified atom stereocenters. The van der Waals surface area contributed by atoms with Crippen LogP contribution in [0.2, 0.25) is 0 Å². The van der Waals surface area contributed by atoms with Gasteiger partial charge in [-0.25, -0.2) is 8.42 Å². The van der Waals surface area contributed by atoms with E-state index in [2.05, 4.69) is 35.9 Å². The second-order valence-corrected chi connectivity index (χ2v) is 7.39. The van der Waals surface area contributed by atoms with E-state index in [1.807, 2.05) is 13.8 Å². The van der Waals surface area contributed by atoms with Crippen LogP contribution in [-0.4, -0.2) is 24.4 Å². The molecule has 0 saturated heterocycles. The fourth-order valence-corrected chi connectivity index (χ4v) is 3.23. The molecule has 21 heavy (non-hydrogen) atoms. The minimum atomic E-state index is -3.62. The molecule has 0 atom stereocenters. The summed E-state index contributed by atoms with van der Waals surface area (Å²) >= 11 is 3.26. The van der Waals surface area contributed by atoms with Gasteiger partial charge in [-0.1, -0.05) is 13.8 Å². The van der Waals surface area contributed by atoms with E-state index in [1.165, 1.54) is 18.6 Å². The molecule has 3 N–H and O–H groups in total. The van der Waals surface area contributed by atoms with Crippen LogP contribution >= 0.6 is 15.9 Å². The minimum Gasteiger partial charge on any atom is -0.363 e. The number of pyridine rings is 1. The van der Waals surface area contributed by atoms with Gasteiger partial charge in [-0.05, 0) is 28.1 Å². The van der Waals surface area contributed by atoms with Crippen molar-refractivity contribution >= 4 is 31.6 Å². The monoisotopic (exact) mass is 372 g/mol. The van der Waals surface area contributed by atoms with Gasteiger partial charge in [-0.2, -0.15) is 0 Å². The van der Waals surface area contributed by atoms with Crippen LogP contribution in [0.25, 0.3) is 0 Å². The van der Waals surface area contributed by atoms with Crippen LogP contribution in [0.4, 0.5) is 5.69 Å². The van der Waals surface area contributed by atoms with Crippen LogP contribution in [0.15, 0.2) is 40.1 Å². The Labute approximate surface area is 132 Å². The molecular formula is C13H17BrN4O2S. The molecule has 0 aliphatic carbocycles. The highest BCUT2D eigenvalue weighted by Crippen LogP contribution is 2.23. The average molecular weight is 373 g/mol. The van der Waals surface area contributed by atoms with Crippen LogP contribution in [-0.2, 0) is 16.6 Å². The van der Waals surface area contributed by atoms with Gasteiger partial charge in [-0.15, -0.1) is 0 Å². The quantitative estimate of drug-likeness (QED) is 0.726. The number of nitrogens with one attached hydrogen (secondary N) is 3. The Morgan fingerprint density at radius 3 is 2.86 bits per heavy atom. The Morgan fingerprint density at radius 2 is 2.19 bits per heavy atom. The number of rotatable bonds is 6. The summed E-state index contributed by atoms with van der Waals surface area (Å²) in [6.45, 7) is 4.65. The van der Waals surface area contributed by atoms with Gasteiger partial charge in [0.25, 0.3) is 10.0 Å². The molecule has 0 radical (unpaired) electrons. The van der Waals surface area contributed by atoms with Gasteiger partial charge in [0.05, 0.1) is 10.2 Å². The van der Waals surface area contributed by atoms with Crippen LogP contribution < -0.4 is 10.0 Å². The Kier molecular flexibility index (Phi) is 5.02. The molecule has 114 valence electrons. The molecular weight excluding hydrogens is 356 g/mol. The van der Waals surface area contributed by atoms with E-state index in [0.29, 0.717) is 22.7 Å². The maximum atomic E-state index is 12.3. The lowest BCUT2D eigenvalue weighted by Gasteiger charge is -2.07. The number of aromatic amines is 1. The van der Waals surface area contributed by atoms with Crippen molar-refractivity contribution in [1.29, 1.82) is 0 Å². The molecule has 2 aromatic rings. The van der Waals surface area contributed by atoms with Gasteiger partial charge >= 0.3 is 0 Å². The van der Waals surface area contributed by atoms with Crippen molar-refractivity contribution in [3.8, 4) is 0 Å². The van der Waals surface area contributed by atoms with E-state index in [0.717, 1.165) is 5.69 Å². The molecule has 8 heteroatoms. The van der Waals surface area contributed by atoms with Gasteiger partial charge in [0, 0.05) is 36.9 Å². The van der Waals surface area contributed by atoms with Crippen LogP contribution in [0.5, 0.6) is 0 Å². The second-order valence-electron chi connectivity index (χ2n) is 4.86. The lowest BCUT2D eigenvalue weighted by atomic mass is 10.3. The highest BCUT2D eigenvalue weighted by molar-refractivity contribution is 9.10. The van der Waals surface area contributed by atoms with Crippen molar-refractivity contribution in [2.24, 2.45) is 0 Å². The first-order valence-corrected chi connectivity index (χ1v) is 8.69. The molecule has 6 nitrogen and oxygen atoms in total. The third kappa shape index (κ3) is 4.29. The SMILES string of the molecule is CC(C)NCc1cc(S(=O)(=O)Nc2ccncc2Br)c[nH]1. The highest BCUT2D eigenvalue weighted by Gasteiger charge is 2.17. The van der Waals surface area contributed by atoms with E-state index in [9.17, 15) is 8.42 Å². The average Bonchev–Trinajstić information content (AvgIpc) is 2.88. The third-order valence-electron chi connectivity index (χ3n) is 2.74. The molecule has 2 heterocycles. The van der Waals surface area contributed by atoms with Gasteiger partial charge in [0.15, 0.2) is 0 Å². The summed E-state index contributed by atoms with van der Waals surface area (Å²) < 4.78 is 27.7. The van der Waals surface area contributed by atoms with E-state index >= 15 is 0 Å². The molecule has 0 aliphatic rings. The number of hydrogen-bond donors (Lipinski definition) is 3. The molecule has 0 spiro atoms. The first kappa shape index (κ1) is 16.0. The zero-order valence-corrected chi connectivity index (χ0v) is 14.1. The van der Waals surface area contributed by atoms with Crippen molar-refractivity contribution < 1.29 is 8.42 Å². The fraction of sp³-hybridized carbons (Fsp3) is 0.308. The largest absolute Gasteiger partial charge is 0.363 e. The number of anilines is 1. The lowest BCUT2D eigenvalue weighted by molar-refractivity contribution is 0.582. The van der Waals surface area contributed by atoms with Gasteiger partial charge in [-0.3, -0.25) is 9.71 Å². The smallest absolute Gasteiger partial charge is 0.263 e. The maximum absolute atomic E-state index is 12.3. The summed E-state index contributed by atoms with van der Waals surface area (Å²) in [5.74, 6) is 0. The van der Waals surface area contributed by atoms with Crippen molar-refractivity contribution in [1.82, 2.24) is 15.3 Å². The molecule has 0 saturated carbocycles. The topological polar surface area (TPSA) is 86.9 Å². The first-order chi connectivity index (χ1) is 9.88. The Morgan fingerprint density at radius 1 is 1.43 bits per heavy atom. The van der Waals surface area contributed by atoms with Crippen LogP contribution in [0.1, 0.15) is 19.5 Å². The molecule has 0 aliphatic heterocycles. The molecule has 0 amide bonds. The number of hydrogen-bond acceptors (Lipinski definition) is 4. The summed E-state index contributed by atoms with van der Waals surface area (Å²) in [6, 6.07) is 3.54. The van der Waals surface area contributed by atoms with Gasteiger partial charge < -0.3 is 10.3 Å². The summed E-state index contributed by atoms with van der Waals surface area (Å²) in [7, 11) is -3.62. The number of H-pyrrole nitrogens is 1. The van der Waals surface area contributed by atoms with Crippen molar-refractivity contribution in [2.75, 3.05) is 4.72 Å². The number of aromatic nitrogens is 2. The summed E-state index contributed by atoms with van der Waals surface area (Å²) in [6.07, 6.45) is 4.54. The van der Waals surface area contributed by atoms with E-state index < -0.39 is 10.0 Å². The Balaban J connectivity index is 2.15. The fourth-order valence-electron chi connectivity index (χ4n) is 1.65. The van der Waals surface area contributed by atoms with E-state index in [4.69, 9.17) is 0 Å². The standard InChI is InChI=1S/C13H17BrN4O2S/c1-9(2)16-6-10-5-11(7-17-10)21(19,20)18-13-3-4-15-8-12(13)14/h3-5,7-9,16-17H,6H2,1-2H3,(H,15,18). The molecule has 0 fully saturated rings. The predicted molar refractivity (Wildman–Crippen MR) is 85.5 cm³/mol. The zero-order valence-electron chi connectivity index (χ0n) is 11.7. The molecule has 0 aromatic carbocycles. The highest BCUT2D eigenvalue weighted by atomic mass is 79.9. The lowest BCUT2D eigenvalue weighted by Crippen LogP contribution is -2.21. The van der Waals surface area contributed by atoms with Crippen molar-refractivity contribution in [2.45, 2.75) is 31.3 Å². The number of halogens is 1. The molecule has 2 rings (SSSR count). The Bertz CT molecular complexity index is 712. The van der Waals surface area contributed by atoms with E-state index in [1.54, 1.807) is 12.1 Å². The molecule has 0 bridgehead atoms. The third-order valence-corrected chi connectivity index (χ3v) is 4.72. The maximum Gasteiger partial charge on any atom is 0.263 e. The Hall–Kier alpha value is -1.38. The van der Waals surface area contributed by atoms with Crippen LogP contribution in [0, 0.1) is 0 Å². The first-order valence-electron chi connectivity index (χ1n) is 6.41. The summed E-state index contributed by atoms with van der Waals surface area (Å²) in [5, 5.41) is 3.22. The summed E-state index contributed by atoms with van der Waals surface area (Å²) in [4.78, 5) is 7.06. The van der Waals surface area contributed by atoms with Gasteiger partial charge in [0.2, 0.25) is 0 Å². The van der Waals surface area contributed by atoms with Crippen LogP contribution in [0.3, 0.4) is 0 Å². The van der Waals surface area contributed by atoms with Gasteiger partial charge in [0.1, 0.15) is 4.90 Å². The number of sulfonamides is 1. The minimum absolute atomic E-state index is 0.201. The van der Waals surface area contributed by atoms with E-state index in [-0.39, 0.29) is 4.90 Å². The predicted octanol–water partition coefficient (Wildman–Crippen LogP) is 2.47. The zero-order chi connectivity index (χ0) is 15.5. The normalized spacial score (nSPS) is 11.8. The summed E-state index contributed by atoms with van der Waals surface area (Å²) in [5.41, 5.74) is 1.27. The second kappa shape index (κ2) is 6.59.